The molecule has 0 saturated heterocycles. The van der Waals surface area contributed by atoms with Crippen LogP contribution in [0.1, 0.15) is 6.92 Å². The van der Waals surface area contributed by atoms with E-state index in [2.05, 4.69) is 4.72 Å². The highest BCUT2D eigenvalue weighted by Crippen LogP contribution is 2.21. The Morgan fingerprint density at radius 3 is 2.09 bits per heavy atom. The van der Waals surface area contributed by atoms with Crippen molar-refractivity contribution in [3.63, 3.8) is 0 Å². The van der Waals surface area contributed by atoms with E-state index < -0.39 is 20.2 Å². The molecule has 0 heterocycles. The van der Waals surface area contributed by atoms with E-state index in [0.29, 0.717) is 18.0 Å². The monoisotopic (exact) mass is 365 g/mol. The molecule has 0 aliphatic rings. The van der Waals surface area contributed by atoms with Gasteiger partial charge in [-0.1, -0.05) is 0 Å². The van der Waals surface area contributed by atoms with Crippen LogP contribution in [0.4, 0.5) is 5.69 Å². The Morgan fingerprint density at radius 1 is 1.09 bits per heavy atom. The van der Waals surface area contributed by atoms with Crippen molar-refractivity contribution in [1.82, 2.24) is 9.03 Å². The smallest absolute Gasteiger partial charge is 0.278 e. The Hall–Kier alpha value is -1.36. The summed E-state index contributed by atoms with van der Waals surface area (Å²) < 4.78 is 57.0. The third-order valence-electron chi connectivity index (χ3n) is 2.92. The first kappa shape index (κ1) is 19.7. The Kier molecular flexibility index (Phi) is 6.81. The number of benzene rings is 1. The molecule has 8 nitrogen and oxygen atoms in total. The highest BCUT2D eigenvalue weighted by molar-refractivity contribution is 7.92. The lowest BCUT2D eigenvalue weighted by molar-refractivity contribution is 0.340. The molecule has 0 saturated carbocycles. The average Bonchev–Trinajstić information content (AvgIpc) is 2.43. The summed E-state index contributed by atoms with van der Waals surface area (Å²) in [6.07, 6.45) is 1.07. The number of hydrogen-bond donors (Lipinski definition) is 1. The predicted molar refractivity (Wildman–Crippen MR) is 90.4 cm³/mol. The van der Waals surface area contributed by atoms with Crippen LogP contribution < -0.4 is 13.8 Å². The van der Waals surface area contributed by atoms with Crippen LogP contribution in [0.5, 0.6) is 5.75 Å². The van der Waals surface area contributed by atoms with E-state index in [1.165, 1.54) is 14.1 Å². The minimum Gasteiger partial charge on any atom is -0.494 e. The largest absolute Gasteiger partial charge is 0.494 e. The van der Waals surface area contributed by atoms with Gasteiger partial charge in [0, 0.05) is 27.2 Å². The lowest BCUT2D eigenvalue weighted by Gasteiger charge is -2.23. The fraction of sp³-hybridized carbons (Fsp3) is 0.538. The van der Waals surface area contributed by atoms with Crippen molar-refractivity contribution in [3.8, 4) is 5.75 Å². The number of nitrogens with zero attached hydrogens (tertiary/aromatic N) is 2. The first-order chi connectivity index (χ1) is 10.6. The van der Waals surface area contributed by atoms with E-state index in [1.54, 1.807) is 24.3 Å². The van der Waals surface area contributed by atoms with E-state index in [4.69, 9.17) is 4.74 Å². The summed E-state index contributed by atoms with van der Waals surface area (Å²) in [6, 6.07) is 6.57. The van der Waals surface area contributed by atoms with Crippen molar-refractivity contribution >= 4 is 25.9 Å². The molecule has 0 fully saturated rings. The molecule has 0 aromatic heterocycles. The molecule has 23 heavy (non-hydrogen) atoms. The van der Waals surface area contributed by atoms with Gasteiger partial charge in [-0.15, -0.1) is 0 Å². The lowest BCUT2D eigenvalue weighted by Crippen LogP contribution is -2.42. The molecule has 132 valence electrons. The normalized spacial score (nSPS) is 12.4. The molecule has 0 radical (unpaired) electrons. The van der Waals surface area contributed by atoms with Gasteiger partial charge >= 0.3 is 0 Å². The van der Waals surface area contributed by atoms with Crippen LogP contribution in [0.2, 0.25) is 0 Å². The second-order valence-corrected chi connectivity index (χ2v) is 8.82. The van der Waals surface area contributed by atoms with Gasteiger partial charge < -0.3 is 4.74 Å². The SMILES string of the molecule is CCOc1ccc(N(CCNS(=O)(=O)N(C)C)S(C)(=O)=O)cc1. The van der Waals surface area contributed by atoms with Crippen molar-refractivity contribution < 1.29 is 21.6 Å². The van der Waals surface area contributed by atoms with Crippen LogP contribution in [0.25, 0.3) is 0 Å². The van der Waals surface area contributed by atoms with Gasteiger partial charge in [0.1, 0.15) is 5.75 Å². The minimum atomic E-state index is -3.59. The van der Waals surface area contributed by atoms with Crippen LogP contribution in [0, 0.1) is 0 Å². The number of ether oxygens (including phenoxy) is 1. The molecule has 0 atom stereocenters. The van der Waals surface area contributed by atoms with Gasteiger partial charge in [0.2, 0.25) is 10.0 Å². The number of rotatable bonds is 9. The van der Waals surface area contributed by atoms with Crippen molar-refractivity contribution in [3.05, 3.63) is 24.3 Å². The molecular formula is C13H23N3O5S2. The second-order valence-electron chi connectivity index (χ2n) is 4.94. The molecule has 0 aliphatic heterocycles. The zero-order valence-corrected chi connectivity index (χ0v) is 15.3. The van der Waals surface area contributed by atoms with Crippen LogP contribution in [0.3, 0.4) is 0 Å². The lowest BCUT2D eigenvalue weighted by atomic mass is 10.3. The quantitative estimate of drug-likeness (QED) is 0.677. The standard InChI is InChI=1S/C13H23N3O5S2/c1-5-21-13-8-6-12(7-9-13)16(22(4,17)18)11-10-14-23(19,20)15(2)3/h6-9,14H,5,10-11H2,1-4H3. The maximum atomic E-state index is 11.9. The van der Waals surface area contributed by atoms with Gasteiger partial charge in [-0.3, -0.25) is 4.31 Å². The first-order valence-corrected chi connectivity index (χ1v) is 10.2. The molecule has 1 rings (SSSR count). The topological polar surface area (TPSA) is 96.0 Å². The molecule has 0 amide bonds. The van der Waals surface area contributed by atoms with E-state index in [9.17, 15) is 16.8 Å². The van der Waals surface area contributed by atoms with Crippen molar-refractivity contribution in [1.29, 1.82) is 0 Å². The fourth-order valence-electron chi connectivity index (χ4n) is 1.77. The summed E-state index contributed by atoms with van der Waals surface area (Å²) in [5.74, 6) is 0.637. The molecule has 0 unspecified atom stereocenters. The molecule has 0 aliphatic carbocycles. The Labute approximate surface area is 138 Å². The average molecular weight is 365 g/mol. The van der Waals surface area contributed by atoms with Crippen LogP contribution >= 0.6 is 0 Å². The predicted octanol–water partition coefficient (Wildman–Crippen LogP) is 0.247. The Balaban J connectivity index is 2.86. The number of anilines is 1. The first-order valence-electron chi connectivity index (χ1n) is 6.95. The van der Waals surface area contributed by atoms with Gasteiger partial charge in [-0.2, -0.15) is 12.7 Å². The Morgan fingerprint density at radius 2 is 1.65 bits per heavy atom. The van der Waals surface area contributed by atoms with Crippen molar-refractivity contribution in [2.75, 3.05) is 44.4 Å². The molecule has 10 heteroatoms. The van der Waals surface area contributed by atoms with Crippen LogP contribution in [-0.4, -0.2) is 61.2 Å². The second kappa shape index (κ2) is 7.95. The van der Waals surface area contributed by atoms with Gasteiger partial charge in [-0.05, 0) is 31.2 Å². The van der Waals surface area contributed by atoms with E-state index in [1.807, 2.05) is 6.92 Å². The summed E-state index contributed by atoms with van der Waals surface area (Å²) >= 11 is 0. The summed E-state index contributed by atoms with van der Waals surface area (Å²) in [5, 5.41) is 0. The zero-order valence-electron chi connectivity index (χ0n) is 13.7. The van der Waals surface area contributed by atoms with E-state index in [0.717, 1.165) is 14.9 Å². The third kappa shape index (κ3) is 5.98. The highest BCUT2D eigenvalue weighted by atomic mass is 32.2. The summed E-state index contributed by atoms with van der Waals surface area (Å²) in [7, 11) is -4.35. The molecule has 0 bridgehead atoms. The summed E-state index contributed by atoms with van der Waals surface area (Å²) in [5.41, 5.74) is 0.444. The van der Waals surface area contributed by atoms with Crippen molar-refractivity contribution in [2.45, 2.75) is 6.92 Å². The summed E-state index contributed by atoms with van der Waals surface area (Å²) in [6.45, 7) is 2.32. The fourth-order valence-corrected chi connectivity index (χ4v) is 3.30. The molecule has 1 aromatic rings. The van der Waals surface area contributed by atoms with Gasteiger partial charge in [0.25, 0.3) is 10.2 Å². The number of hydrogen-bond acceptors (Lipinski definition) is 5. The highest BCUT2D eigenvalue weighted by Gasteiger charge is 2.19. The van der Waals surface area contributed by atoms with E-state index in [-0.39, 0.29) is 13.1 Å². The zero-order chi connectivity index (χ0) is 17.7. The van der Waals surface area contributed by atoms with E-state index >= 15 is 0 Å². The van der Waals surface area contributed by atoms with Gasteiger partial charge in [0.15, 0.2) is 0 Å². The number of nitrogens with one attached hydrogen (secondary N) is 1. The Bertz CT molecular complexity index is 700. The van der Waals surface area contributed by atoms with Crippen LogP contribution in [-0.2, 0) is 20.2 Å². The van der Waals surface area contributed by atoms with Crippen molar-refractivity contribution in [2.24, 2.45) is 0 Å². The summed E-state index contributed by atoms with van der Waals surface area (Å²) in [4.78, 5) is 0. The molecule has 1 N–H and O–H groups in total. The van der Waals surface area contributed by atoms with Gasteiger partial charge in [0.05, 0.1) is 18.6 Å². The maximum absolute atomic E-state index is 11.9. The van der Waals surface area contributed by atoms with Gasteiger partial charge in [-0.25, -0.2) is 13.1 Å². The van der Waals surface area contributed by atoms with Crippen LogP contribution in [0.15, 0.2) is 24.3 Å². The molecular weight excluding hydrogens is 342 g/mol. The maximum Gasteiger partial charge on any atom is 0.278 e. The molecule has 0 spiro atoms. The molecule has 1 aromatic carbocycles. The third-order valence-corrected chi connectivity index (χ3v) is 5.64. The minimum absolute atomic E-state index is 0.0140. The number of sulfonamides is 1.